The molecule has 0 bridgehead atoms. The van der Waals surface area contributed by atoms with E-state index in [2.05, 4.69) is 19.1 Å². The van der Waals surface area contributed by atoms with Gasteiger partial charge in [0.25, 0.3) is 0 Å². The molecule has 112 valence electrons. The molecule has 0 aliphatic carbocycles. The molecule has 1 aliphatic rings. The summed E-state index contributed by atoms with van der Waals surface area (Å²) in [4.78, 5) is 0. The number of aryl methyl sites for hydroxylation is 2. The van der Waals surface area contributed by atoms with Crippen LogP contribution in [0.5, 0.6) is 5.75 Å². The van der Waals surface area contributed by atoms with E-state index in [1.807, 2.05) is 25.1 Å². The quantitative estimate of drug-likeness (QED) is 0.910. The van der Waals surface area contributed by atoms with Crippen LogP contribution < -0.4 is 4.74 Å². The Kier molecular flexibility index (Phi) is 3.85. The Labute approximate surface area is 123 Å². The summed E-state index contributed by atoms with van der Waals surface area (Å²) in [7, 11) is 0. The van der Waals surface area contributed by atoms with E-state index < -0.39 is 18.5 Å². The number of benzene rings is 2. The molecule has 1 aliphatic heterocycles. The molecule has 0 radical (unpaired) electrons. The molecular formula is C17H20O4. The van der Waals surface area contributed by atoms with Crippen LogP contribution in [0.4, 0.5) is 0 Å². The molecule has 2 aromatic carbocycles. The van der Waals surface area contributed by atoms with Gasteiger partial charge in [0, 0.05) is 6.42 Å². The van der Waals surface area contributed by atoms with Crippen LogP contribution in [-0.4, -0.2) is 35.3 Å². The van der Waals surface area contributed by atoms with E-state index in [-0.39, 0.29) is 6.61 Å². The summed E-state index contributed by atoms with van der Waals surface area (Å²) >= 11 is 0. The summed E-state index contributed by atoms with van der Waals surface area (Å²) in [6, 6.07) is 10.2. The predicted molar refractivity (Wildman–Crippen MR) is 80.4 cm³/mol. The zero-order valence-electron chi connectivity index (χ0n) is 12.2. The maximum Gasteiger partial charge on any atom is 0.202 e. The fourth-order valence-corrected chi connectivity index (χ4v) is 2.86. The lowest BCUT2D eigenvalue weighted by molar-refractivity contribution is -0.0933. The van der Waals surface area contributed by atoms with Crippen LogP contribution in [0.3, 0.4) is 0 Å². The maximum absolute atomic E-state index is 9.77. The molecule has 1 saturated heterocycles. The van der Waals surface area contributed by atoms with Crippen molar-refractivity contribution >= 4 is 10.8 Å². The highest BCUT2D eigenvalue weighted by atomic mass is 16.7. The third-order valence-corrected chi connectivity index (χ3v) is 4.10. The minimum atomic E-state index is -0.679. The Bertz CT molecular complexity index is 653. The second-order valence-electron chi connectivity index (χ2n) is 5.57. The van der Waals surface area contributed by atoms with Crippen LogP contribution in [0.15, 0.2) is 30.3 Å². The molecule has 1 heterocycles. The van der Waals surface area contributed by atoms with Crippen LogP contribution in [0.1, 0.15) is 17.5 Å². The summed E-state index contributed by atoms with van der Waals surface area (Å²) in [5.41, 5.74) is 2.20. The molecule has 2 N–H and O–H groups in total. The van der Waals surface area contributed by atoms with Crippen LogP contribution in [-0.2, 0) is 4.74 Å². The van der Waals surface area contributed by atoms with E-state index in [4.69, 9.17) is 14.6 Å². The Morgan fingerprint density at radius 3 is 2.62 bits per heavy atom. The van der Waals surface area contributed by atoms with Gasteiger partial charge >= 0.3 is 0 Å². The molecule has 4 heteroatoms. The van der Waals surface area contributed by atoms with E-state index in [0.29, 0.717) is 6.42 Å². The van der Waals surface area contributed by atoms with Gasteiger partial charge in [-0.25, -0.2) is 0 Å². The van der Waals surface area contributed by atoms with Crippen molar-refractivity contribution in [1.82, 2.24) is 0 Å². The summed E-state index contributed by atoms with van der Waals surface area (Å²) in [5, 5.41) is 21.3. The van der Waals surface area contributed by atoms with E-state index in [1.165, 1.54) is 5.39 Å². The zero-order chi connectivity index (χ0) is 15.0. The molecule has 1 fully saturated rings. The molecule has 4 nitrogen and oxygen atoms in total. The molecule has 0 spiro atoms. The summed E-state index contributed by atoms with van der Waals surface area (Å²) < 4.78 is 11.4. The van der Waals surface area contributed by atoms with Crippen molar-refractivity contribution in [2.24, 2.45) is 0 Å². The zero-order valence-corrected chi connectivity index (χ0v) is 12.2. The first-order valence-corrected chi connectivity index (χ1v) is 7.20. The smallest absolute Gasteiger partial charge is 0.202 e. The van der Waals surface area contributed by atoms with Crippen molar-refractivity contribution in [2.75, 3.05) is 6.61 Å². The molecular weight excluding hydrogens is 268 g/mol. The van der Waals surface area contributed by atoms with Crippen molar-refractivity contribution < 1.29 is 19.7 Å². The van der Waals surface area contributed by atoms with Crippen LogP contribution in [0, 0.1) is 13.8 Å². The normalized spacial score (nSPS) is 25.4. The van der Waals surface area contributed by atoms with Crippen molar-refractivity contribution in [3.63, 3.8) is 0 Å². The van der Waals surface area contributed by atoms with Gasteiger partial charge in [0.05, 0.1) is 12.7 Å². The van der Waals surface area contributed by atoms with Gasteiger partial charge in [-0.1, -0.05) is 24.3 Å². The number of hydrogen-bond donors (Lipinski definition) is 2. The van der Waals surface area contributed by atoms with E-state index >= 15 is 0 Å². The third-order valence-electron chi connectivity index (χ3n) is 4.10. The lowest BCUT2D eigenvalue weighted by Gasteiger charge is -2.18. The minimum absolute atomic E-state index is 0.198. The van der Waals surface area contributed by atoms with Gasteiger partial charge in [-0.2, -0.15) is 0 Å². The molecule has 0 aromatic heterocycles. The molecule has 3 rings (SSSR count). The number of ether oxygens (including phenoxy) is 2. The Morgan fingerprint density at radius 1 is 1.24 bits per heavy atom. The lowest BCUT2D eigenvalue weighted by atomic mass is 10.0. The Hall–Kier alpha value is -1.62. The minimum Gasteiger partial charge on any atom is -0.465 e. The number of fused-ring (bicyclic) bond motifs is 1. The maximum atomic E-state index is 9.77. The average molecular weight is 288 g/mol. The van der Waals surface area contributed by atoms with Crippen molar-refractivity contribution in [3.05, 3.63) is 41.5 Å². The Morgan fingerprint density at radius 2 is 1.95 bits per heavy atom. The first-order valence-electron chi connectivity index (χ1n) is 7.20. The van der Waals surface area contributed by atoms with Crippen molar-refractivity contribution in [2.45, 2.75) is 38.8 Å². The topological polar surface area (TPSA) is 58.9 Å². The largest absolute Gasteiger partial charge is 0.465 e. The van der Waals surface area contributed by atoms with Crippen molar-refractivity contribution in [3.8, 4) is 5.75 Å². The summed E-state index contributed by atoms with van der Waals surface area (Å²) in [6.45, 7) is 3.87. The fourth-order valence-electron chi connectivity index (χ4n) is 2.86. The van der Waals surface area contributed by atoms with Gasteiger partial charge in [0.1, 0.15) is 11.9 Å². The third kappa shape index (κ3) is 2.62. The average Bonchev–Trinajstić information content (AvgIpc) is 2.84. The van der Waals surface area contributed by atoms with Gasteiger partial charge in [-0.05, 0) is 41.8 Å². The highest BCUT2D eigenvalue weighted by Gasteiger charge is 2.35. The van der Waals surface area contributed by atoms with Gasteiger partial charge in [-0.15, -0.1) is 0 Å². The second-order valence-corrected chi connectivity index (χ2v) is 5.57. The Balaban J connectivity index is 1.90. The van der Waals surface area contributed by atoms with Crippen molar-refractivity contribution in [1.29, 1.82) is 0 Å². The first-order chi connectivity index (χ1) is 10.1. The van der Waals surface area contributed by atoms with E-state index in [1.54, 1.807) is 0 Å². The standard InChI is InChI=1S/C17H20O4/c1-10-7-15(11(2)13-6-4-3-5-12(10)13)20-17-8-14(19)16(9-18)21-17/h3-7,14,16-19H,8-9H2,1-2H3/t14-,16+,17+/m0/s1. The van der Waals surface area contributed by atoms with Gasteiger partial charge < -0.3 is 19.7 Å². The second kappa shape index (κ2) is 5.64. The van der Waals surface area contributed by atoms with E-state index in [0.717, 1.165) is 22.3 Å². The van der Waals surface area contributed by atoms with E-state index in [9.17, 15) is 5.11 Å². The van der Waals surface area contributed by atoms with Crippen LogP contribution in [0.25, 0.3) is 10.8 Å². The number of aliphatic hydroxyl groups is 2. The monoisotopic (exact) mass is 288 g/mol. The highest BCUT2D eigenvalue weighted by Crippen LogP contribution is 2.32. The number of hydrogen-bond acceptors (Lipinski definition) is 4. The highest BCUT2D eigenvalue weighted by molar-refractivity contribution is 5.90. The molecule has 21 heavy (non-hydrogen) atoms. The molecule has 0 saturated carbocycles. The summed E-state index contributed by atoms with van der Waals surface area (Å²) in [6.07, 6.45) is -1.38. The summed E-state index contributed by atoms with van der Waals surface area (Å²) in [5.74, 6) is 0.766. The molecule has 0 amide bonds. The van der Waals surface area contributed by atoms with Crippen LogP contribution in [0.2, 0.25) is 0 Å². The lowest BCUT2D eigenvalue weighted by Crippen LogP contribution is -2.24. The van der Waals surface area contributed by atoms with Crippen LogP contribution >= 0.6 is 0 Å². The molecule has 0 unspecified atom stereocenters. The van der Waals surface area contributed by atoms with Gasteiger partial charge in [0.2, 0.25) is 6.29 Å². The van der Waals surface area contributed by atoms with Gasteiger partial charge in [0.15, 0.2) is 0 Å². The van der Waals surface area contributed by atoms with Gasteiger partial charge in [-0.3, -0.25) is 0 Å². The molecule has 2 aromatic rings. The number of rotatable bonds is 3. The fraction of sp³-hybridized carbons (Fsp3) is 0.412. The molecule has 3 atom stereocenters. The SMILES string of the molecule is Cc1cc(O[C@H]2C[C@H](O)[C@@H](CO)O2)c(C)c2ccccc12. The number of aliphatic hydroxyl groups excluding tert-OH is 2. The first kappa shape index (κ1) is 14.3. The predicted octanol–water partition coefficient (Wildman–Crippen LogP) is 2.30.